The molecule has 1 unspecified atom stereocenters. The summed E-state index contributed by atoms with van der Waals surface area (Å²) in [6, 6.07) is 7.44. The lowest BCUT2D eigenvalue weighted by molar-refractivity contribution is -0.256. The zero-order valence-corrected chi connectivity index (χ0v) is 12.8. The van der Waals surface area contributed by atoms with Gasteiger partial charge in [0.15, 0.2) is 5.66 Å². The predicted molar refractivity (Wildman–Crippen MR) is 80.5 cm³/mol. The summed E-state index contributed by atoms with van der Waals surface area (Å²) in [4.78, 5) is 6.69. The number of aliphatic imine (C=N–C) groups is 1. The summed E-state index contributed by atoms with van der Waals surface area (Å²) in [5, 5.41) is 14.0. The standard InChI is InChI=1S/C15H23N4O/c1-6-15(11-8-7-9-12(16)10-11)17-13(18(4)5)14(2,3)19(15)20/h7-10H,6,16H2,1-5H3. The highest BCUT2D eigenvalue weighted by molar-refractivity contribution is 5.92. The van der Waals surface area contributed by atoms with E-state index in [-0.39, 0.29) is 0 Å². The van der Waals surface area contributed by atoms with Crippen LogP contribution in [0.5, 0.6) is 0 Å². The third-order valence-corrected chi connectivity index (χ3v) is 3.95. The third kappa shape index (κ3) is 1.98. The molecule has 1 aliphatic rings. The fourth-order valence-corrected chi connectivity index (χ4v) is 2.95. The van der Waals surface area contributed by atoms with Gasteiger partial charge in [-0.3, -0.25) is 0 Å². The molecule has 0 aromatic heterocycles. The van der Waals surface area contributed by atoms with Crippen LogP contribution in [0.15, 0.2) is 29.3 Å². The van der Waals surface area contributed by atoms with E-state index >= 15 is 0 Å². The van der Waals surface area contributed by atoms with Crippen molar-refractivity contribution < 1.29 is 5.21 Å². The summed E-state index contributed by atoms with van der Waals surface area (Å²) in [5.41, 5.74) is 5.81. The number of hydrogen-bond donors (Lipinski definition) is 1. The average Bonchev–Trinajstić information content (AvgIpc) is 2.59. The second kappa shape index (κ2) is 4.75. The topological polar surface area (TPSA) is 64.8 Å². The van der Waals surface area contributed by atoms with Crippen molar-refractivity contribution in [3.8, 4) is 0 Å². The number of nitrogens with two attached hydrogens (primary N) is 1. The fraction of sp³-hybridized carbons (Fsp3) is 0.533. The van der Waals surface area contributed by atoms with E-state index in [1.165, 1.54) is 0 Å². The second-order valence-electron chi connectivity index (χ2n) is 5.98. The van der Waals surface area contributed by atoms with Gasteiger partial charge in [0, 0.05) is 19.8 Å². The van der Waals surface area contributed by atoms with Crippen LogP contribution in [0.4, 0.5) is 5.69 Å². The molecule has 0 spiro atoms. The summed E-state index contributed by atoms with van der Waals surface area (Å²) in [5.74, 6) is 0.789. The summed E-state index contributed by atoms with van der Waals surface area (Å²) in [7, 11) is 3.83. The maximum atomic E-state index is 12.9. The molecular weight excluding hydrogens is 252 g/mol. The zero-order chi connectivity index (χ0) is 15.1. The number of hydrogen-bond acceptors (Lipinski definition) is 4. The molecule has 0 bridgehead atoms. The van der Waals surface area contributed by atoms with Crippen LogP contribution in [0.25, 0.3) is 0 Å². The van der Waals surface area contributed by atoms with Crippen LogP contribution in [-0.4, -0.2) is 35.4 Å². The number of anilines is 1. The van der Waals surface area contributed by atoms with Crippen molar-refractivity contribution >= 4 is 11.5 Å². The van der Waals surface area contributed by atoms with Crippen LogP contribution < -0.4 is 5.73 Å². The molecule has 1 heterocycles. The minimum absolute atomic E-state index is 0.598. The van der Waals surface area contributed by atoms with Crippen molar-refractivity contribution in [2.75, 3.05) is 19.8 Å². The van der Waals surface area contributed by atoms with Gasteiger partial charge in [-0.2, -0.15) is 0 Å². The van der Waals surface area contributed by atoms with Gasteiger partial charge >= 0.3 is 0 Å². The van der Waals surface area contributed by atoms with Gasteiger partial charge < -0.3 is 10.6 Å². The highest BCUT2D eigenvalue weighted by atomic mass is 16.5. The fourth-order valence-electron chi connectivity index (χ4n) is 2.95. The number of hydroxylamine groups is 2. The Morgan fingerprint density at radius 2 is 2.00 bits per heavy atom. The van der Waals surface area contributed by atoms with Crippen molar-refractivity contribution in [3.05, 3.63) is 29.8 Å². The summed E-state index contributed by atoms with van der Waals surface area (Å²) < 4.78 is 0. The molecule has 109 valence electrons. The van der Waals surface area contributed by atoms with E-state index in [0.717, 1.165) is 16.5 Å². The van der Waals surface area contributed by atoms with E-state index in [4.69, 9.17) is 10.7 Å². The number of nitrogens with zero attached hydrogens (tertiary/aromatic N) is 3. The summed E-state index contributed by atoms with van der Waals surface area (Å²) in [6.07, 6.45) is 0.598. The smallest absolute Gasteiger partial charge is 0.166 e. The van der Waals surface area contributed by atoms with Gasteiger partial charge in [-0.25, -0.2) is 4.99 Å². The van der Waals surface area contributed by atoms with Gasteiger partial charge in [-0.05, 0) is 38.0 Å². The first-order valence-electron chi connectivity index (χ1n) is 6.87. The molecule has 0 saturated heterocycles. The highest BCUT2D eigenvalue weighted by Crippen LogP contribution is 2.44. The number of likely N-dealkylation sites (N-methyl/N-ethyl adjacent to an activating group) is 1. The lowest BCUT2D eigenvalue weighted by Gasteiger charge is -2.36. The number of benzene rings is 1. The lowest BCUT2D eigenvalue weighted by Crippen LogP contribution is -2.52. The molecule has 0 saturated carbocycles. The normalized spacial score (nSPS) is 25.6. The maximum absolute atomic E-state index is 12.9. The van der Waals surface area contributed by atoms with Gasteiger partial charge in [-0.1, -0.05) is 19.1 Å². The number of amidine groups is 1. The Morgan fingerprint density at radius 3 is 2.45 bits per heavy atom. The molecule has 2 rings (SSSR count). The molecule has 0 fully saturated rings. The SMILES string of the molecule is CCC1(c2cccc(N)c2)N=C(N(C)C)C(C)(C)N1[O]. The predicted octanol–water partition coefficient (Wildman–Crippen LogP) is 2.23. The molecule has 0 amide bonds. The van der Waals surface area contributed by atoms with E-state index in [2.05, 4.69) is 0 Å². The zero-order valence-electron chi connectivity index (χ0n) is 12.8. The van der Waals surface area contributed by atoms with Crippen molar-refractivity contribution in [2.45, 2.75) is 38.4 Å². The Bertz CT molecular complexity index is 538. The molecule has 20 heavy (non-hydrogen) atoms. The quantitative estimate of drug-likeness (QED) is 0.842. The van der Waals surface area contributed by atoms with Gasteiger partial charge in [0.2, 0.25) is 0 Å². The highest BCUT2D eigenvalue weighted by Gasteiger charge is 2.54. The van der Waals surface area contributed by atoms with Crippen LogP contribution in [0.3, 0.4) is 0 Å². The number of rotatable bonds is 2. The monoisotopic (exact) mass is 275 g/mol. The molecule has 2 N–H and O–H groups in total. The van der Waals surface area contributed by atoms with Gasteiger partial charge in [0.05, 0.1) is 0 Å². The molecule has 5 heteroatoms. The lowest BCUT2D eigenvalue weighted by atomic mass is 9.94. The minimum atomic E-state index is -0.890. The van der Waals surface area contributed by atoms with E-state index in [1.54, 1.807) is 0 Å². The minimum Gasteiger partial charge on any atom is -0.399 e. The van der Waals surface area contributed by atoms with Crippen molar-refractivity contribution in [2.24, 2.45) is 4.99 Å². The largest absolute Gasteiger partial charge is 0.399 e. The first-order valence-corrected chi connectivity index (χ1v) is 6.87. The van der Waals surface area contributed by atoms with Crippen LogP contribution in [-0.2, 0) is 10.9 Å². The molecule has 1 aromatic rings. The van der Waals surface area contributed by atoms with Gasteiger partial charge in [0.25, 0.3) is 0 Å². The van der Waals surface area contributed by atoms with E-state index in [1.807, 2.05) is 64.0 Å². The summed E-state index contributed by atoms with van der Waals surface area (Å²) in [6.45, 7) is 5.79. The van der Waals surface area contributed by atoms with E-state index in [0.29, 0.717) is 12.1 Å². The molecule has 5 nitrogen and oxygen atoms in total. The van der Waals surface area contributed by atoms with Crippen molar-refractivity contribution in [3.63, 3.8) is 0 Å². The Kier molecular flexibility index (Phi) is 3.52. The third-order valence-electron chi connectivity index (χ3n) is 3.95. The molecule has 1 atom stereocenters. The Labute approximate surface area is 120 Å². The van der Waals surface area contributed by atoms with Crippen molar-refractivity contribution in [1.29, 1.82) is 0 Å². The van der Waals surface area contributed by atoms with Crippen LogP contribution in [0, 0.1) is 0 Å². The van der Waals surface area contributed by atoms with Crippen LogP contribution in [0.2, 0.25) is 0 Å². The molecule has 1 aromatic carbocycles. The first-order chi connectivity index (χ1) is 9.25. The maximum Gasteiger partial charge on any atom is 0.166 e. The summed E-state index contributed by atoms with van der Waals surface area (Å²) >= 11 is 0. The Morgan fingerprint density at radius 1 is 1.35 bits per heavy atom. The molecule has 1 radical (unpaired) electrons. The second-order valence-corrected chi connectivity index (χ2v) is 5.98. The van der Waals surface area contributed by atoms with Crippen LogP contribution >= 0.6 is 0 Å². The van der Waals surface area contributed by atoms with Gasteiger partial charge in [0.1, 0.15) is 11.4 Å². The Balaban J connectivity index is 2.62. The van der Waals surface area contributed by atoms with Gasteiger partial charge in [-0.15, -0.1) is 10.3 Å². The average molecular weight is 275 g/mol. The molecular formula is C15H23N4O. The van der Waals surface area contributed by atoms with E-state index < -0.39 is 11.2 Å². The molecule has 0 aliphatic carbocycles. The van der Waals surface area contributed by atoms with Crippen LogP contribution in [0.1, 0.15) is 32.8 Å². The van der Waals surface area contributed by atoms with E-state index in [9.17, 15) is 5.21 Å². The molecule has 1 aliphatic heterocycles. The first kappa shape index (κ1) is 14.8. The Hall–Kier alpha value is -1.59. The van der Waals surface area contributed by atoms with Crippen molar-refractivity contribution in [1.82, 2.24) is 9.96 Å². The number of nitrogen functional groups attached to an aromatic ring is 1.